The molecule has 21 heavy (non-hydrogen) atoms. The van der Waals surface area contributed by atoms with Crippen LogP contribution in [0.3, 0.4) is 0 Å². The Morgan fingerprint density at radius 3 is 2.43 bits per heavy atom. The second-order valence-electron chi connectivity index (χ2n) is 5.08. The summed E-state index contributed by atoms with van der Waals surface area (Å²) in [5.41, 5.74) is 3.91. The number of hydrogen-bond donors (Lipinski definition) is 0. The number of hydrogen-bond acceptors (Lipinski definition) is 2. The van der Waals surface area contributed by atoms with Gasteiger partial charge in [-0.25, -0.2) is 0 Å². The molecule has 1 aromatic heterocycles. The van der Waals surface area contributed by atoms with E-state index in [2.05, 4.69) is 24.0 Å². The highest BCUT2D eigenvalue weighted by Gasteiger charge is 2.13. The molecule has 0 bridgehead atoms. The van der Waals surface area contributed by atoms with Crippen molar-refractivity contribution in [3.05, 3.63) is 66.0 Å². The van der Waals surface area contributed by atoms with Crippen LogP contribution < -0.4 is 4.90 Å². The van der Waals surface area contributed by atoms with Crippen molar-refractivity contribution >= 4 is 28.6 Å². The number of aromatic nitrogens is 1. The molecule has 2 aromatic carbocycles. The Kier molecular flexibility index (Phi) is 3.40. The van der Waals surface area contributed by atoms with Crippen LogP contribution in [0.5, 0.6) is 0 Å². The van der Waals surface area contributed by atoms with Gasteiger partial charge in [-0.15, -0.1) is 0 Å². The highest BCUT2D eigenvalue weighted by molar-refractivity contribution is 6.03. The van der Waals surface area contributed by atoms with Gasteiger partial charge in [0.25, 0.3) is 0 Å². The van der Waals surface area contributed by atoms with E-state index < -0.39 is 0 Å². The summed E-state index contributed by atoms with van der Waals surface area (Å²) in [6.45, 7) is 4.03. The van der Waals surface area contributed by atoms with E-state index in [1.807, 2.05) is 37.3 Å². The molecule has 3 rings (SSSR count). The van der Waals surface area contributed by atoms with Gasteiger partial charge >= 0.3 is 0 Å². The maximum absolute atomic E-state index is 11.7. The van der Waals surface area contributed by atoms with E-state index >= 15 is 0 Å². The van der Waals surface area contributed by atoms with Crippen molar-refractivity contribution in [2.24, 2.45) is 0 Å². The Morgan fingerprint density at radius 1 is 0.905 bits per heavy atom. The summed E-state index contributed by atoms with van der Waals surface area (Å²) in [7, 11) is 0. The quantitative estimate of drug-likeness (QED) is 0.673. The predicted octanol–water partition coefficient (Wildman–Crippen LogP) is 4.15. The highest BCUT2D eigenvalue weighted by Crippen LogP contribution is 2.33. The number of carbonyl (C=O) groups excluding carboxylic acids is 1. The van der Waals surface area contributed by atoms with Crippen molar-refractivity contribution in [1.82, 2.24) is 4.98 Å². The molecule has 1 heterocycles. The predicted molar refractivity (Wildman–Crippen MR) is 85.9 cm³/mol. The van der Waals surface area contributed by atoms with E-state index in [-0.39, 0.29) is 0 Å². The summed E-state index contributed by atoms with van der Waals surface area (Å²) in [6, 6.07) is 14.0. The van der Waals surface area contributed by atoms with Crippen molar-refractivity contribution in [3.63, 3.8) is 0 Å². The number of pyridine rings is 1. The molecule has 1 amide bonds. The molecule has 0 aliphatic rings. The van der Waals surface area contributed by atoms with E-state index in [0.717, 1.165) is 34.1 Å². The molecule has 3 aromatic rings. The third kappa shape index (κ3) is 2.27. The molecule has 0 unspecified atom stereocenters. The lowest BCUT2D eigenvalue weighted by atomic mass is 10.0. The van der Waals surface area contributed by atoms with E-state index in [9.17, 15) is 4.79 Å². The van der Waals surface area contributed by atoms with Crippen molar-refractivity contribution in [2.75, 3.05) is 4.90 Å². The van der Waals surface area contributed by atoms with Gasteiger partial charge < -0.3 is 0 Å². The minimum Gasteiger partial charge on any atom is -0.283 e. The lowest BCUT2D eigenvalue weighted by molar-refractivity contribution is -0.106. The van der Waals surface area contributed by atoms with Crippen molar-refractivity contribution in [3.8, 4) is 0 Å². The molecule has 0 N–H and O–H groups in total. The average Bonchev–Trinajstić information content (AvgIpc) is 2.51. The Hall–Kier alpha value is -2.68. The number of rotatable bonds is 3. The normalized spacial score (nSPS) is 10.6. The van der Waals surface area contributed by atoms with Crippen LogP contribution in [0.1, 0.15) is 11.1 Å². The van der Waals surface area contributed by atoms with Crippen molar-refractivity contribution in [2.45, 2.75) is 13.8 Å². The number of amides is 1. The number of aryl methyl sites for hydroxylation is 2. The van der Waals surface area contributed by atoms with Crippen LogP contribution in [0.4, 0.5) is 11.4 Å². The molecule has 0 saturated heterocycles. The average molecular weight is 276 g/mol. The van der Waals surface area contributed by atoms with Gasteiger partial charge in [-0.05, 0) is 42.5 Å². The van der Waals surface area contributed by atoms with Gasteiger partial charge in [0.2, 0.25) is 6.41 Å². The first kappa shape index (κ1) is 13.3. The Balaban J connectivity index is 2.25. The molecule has 0 aliphatic heterocycles. The van der Waals surface area contributed by atoms with Gasteiger partial charge in [-0.1, -0.05) is 30.3 Å². The summed E-state index contributed by atoms with van der Waals surface area (Å²) < 4.78 is 0. The van der Waals surface area contributed by atoms with Crippen LogP contribution >= 0.6 is 0 Å². The van der Waals surface area contributed by atoms with Crippen LogP contribution in [-0.4, -0.2) is 11.4 Å². The lowest BCUT2D eigenvalue weighted by Crippen LogP contribution is -2.15. The van der Waals surface area contributed by atoms with Crippen molar-refractivity contribution < 1.29 is 4.79 Å². The molecule has 3 nitrogen and oxygen atoms in total. The molecule has 3 heteroatoms. The molecular weight excluding hydrogens is 260 g/mol. The van der Waals surface area contributed by atoms with Crippen LogP contribution in [0.25, 0.3) is 10.8 Å². The van der Waals surface area contributed by atoms with Gasteiger partial charge in [0, 0.05) is 17.8 Å². The van der Waals surface area contributed by atoms with Crippen LogP contribution in [0.15, 0.2) is 54.9 Å². The fourth-order valence-corrected chi connectivity index (χ4v) is 2.64. The first-order chi connectivity index (χ1) is 10.2. The first-order valence-electron chi connectivity index (χ1n) is 6.86. The second-order valence-corrected chi connectivity index (χ2v) is 5.08. The molecule has 0 saturated carbocycles. The standard InChI is InChI=1S/C18H16N2O/c1-13-5-3-7-16-15(13)6-4-8-18(16)20(12-21)17-9-10-19-11-14(17)2/h3-12H,1-2H3. The largest absolute Gasteiger partial charge is 0.283 e. The Labute approximate surface area is 123 Å². The SMILES string of the molecule is Cc1cnccc1N(C=O)c1cccc2c(C)cccc12. The first-order valence-corrected chi connectivity index (χ1v) is 6.86. The highest BCUT2D eigenvalue weighted by atomic mass is 16.1. The van der Waals surface area contributed by atoms with Crippen LogP contribution in [-0.2, 0) is 4.79 Å². The van der Waals surface area contributed by atoms with E-state index in [4.69, 9.17) is 0 Å². The summed E-state index contributed by atoms with van der Waals surface area (Å²) in [5, 5.41) is 2.23. The van der Waals surface area contributed by atoms with Gasteiger partial charge in [-0.3, -0.25) is 14.7 Å². The van der Waals surface area contributed by atoms with Gasteiger partial charge in [0.15, 0.2) is 0 Å². The monoisotopic (exact) mass is 276 g/mol. The Bertz CT molecular complexity index is 811. The topological polar surface area (TPSA) is 33.2 Å². The zero-order valence-electron chi connectivity index (χ0n) is 12.1. The third-order valence-electron chi connectivity index (χ3n) is 3.73. The summed E-state index contributed by atoms with van der Waals surface area (Å²) in [4.78, 5) is 17.5. The summed E-state index contributed by atoms with van der Waals surface area (Å²) >= 11 is 0. The molecule has 0 fully saturated rings. The fourth-order valence-electron chi connectivity index (χ4n) is 2.64. The van der Waals surface area contributed by atoms with Gasteiger partial charge in [0.05, 0.1) is 11.4 Å². The summed E-state index contributed by atoms with van der Waals surface area (Å²) in [5.74, 6) is 0. The van der Waals surface area contributed by atoms with Crippen molar-refractivity contribution in [1.29, 1.82) is 0 Å². The number of anilines is 2. The molecule has 0 atom stereocenters. The van der Waals surface area contributed by atoms with Crippen LogP contribution in [0, 0.1) is 13.8 Å². The number of carbonyl (C=O) groups is 1. The minimum atomic E-state index is 0.856. The fraction of sp³-hybridized carbons (Fsp3) is 0.111. The van der Waals surface area contributed by atoms with Gasteiger partial charge in [-0.2, -0.15) is 0 Å². The van der Waals surface area contributed by atoms with E-state index in [1.165, 1.54) is 5.56 Å². The zero-order chi connectivity index (χ0) is 14.8. The zero-order valence-corrected chi connectivity index (χ0v) is 12.1. The smallest absolute Gasteiger partial charge is 0.218 e. The molecule has 0 radical (unpaired) electrons. The van der Waals surface area contributed by atoms with E-state index in [1.54, 1.807) is 17.3 Å². The number of nitrogens with zero attached hydrogens (tertiary/aromatic N) is 2. The second kappa shape index (κ2) is 5.37. The number of benzene rings is 2. The summed E-state index contributed by atoms with van der Waals surface area (Å²) in [6.07, 6.45) is 4.33. The maximum atomic E-state index is 11.7. The molecule has 0 aliphatic carbocycles. The molecule has 104 valence electrons. The Morgan fingerprint density at radius 2 is 1.67 bits per heavy atom. The van der Waals surface area contributed by atoms with E-state index in [0.29, 0.717) is 0 Å². The maximum Gasteiger partial charge on any atom is 0.218 e. The lowest BCUT2D eigenvalue weighted by Gasteiger charge is -2.21. The van der Waals surface area contributed by atoms with Gasteiger partial charge in [0.1, 0.15) is 0 Å². The third-order valence-corrected chi connectivity index (χ3v) is 3.73. The van der Waals surface area contributed by atoms with Crippen LogP contribution in [0.2, 0.25) is 0 Å². The molecule has 0 spiro atoms. The number of fused-ring (bicyclic) bond motifs is 1. The minimum absolute atomic E-state index is 0.856. The molecular formula is C18H16N2O.